The molecule has 1 heterocycles. The van der Waals surface area contributed by atoms with Crippen molar-refractivity contribution in [2.45, 2.75) is 13.1 Å². The largest absolute Gasteiger partial charge is 0.416 e. The minimum Gasteiger partial charge on any atom is -0.273 e. The first kappa shape index (κ1) is 18.4. The molecule has 0 saturated carbocycles. The molecule has 8 heteroatoms. The molecule has 0 radical (unpaired) electrons. The fourth-order valence-electron chi connectivity index (χ4n) is 2.66. The number of alkyl halides is 3. The Kier molecular flexibility index (Phi) is 4.57. The molecule has 1 aliphatic heterocycles. The van der Waals surface area contributed by atoms with Gasteiger partial charge in [0.05, 0.1) is 11.3 Å². The Morgan fingerprint density at radius 2 is 1.70 bits per heavy atom. The molecule has 1 aliphatic rings. The van der Waals surface area contributed by atoms with E-state index in [2.05, 4.69) is 0 Å². The van der Waals surface area contributed by atoms with Crippen LogP contribution in [0.4, 0.5) is 23.7 Å². The average molecular weight is 374 g/mol. The maximum atomic E-state index is 12.9. The number of rotatable bonds is 2. The number of hydrogen-bond acceptors (Lipinski definition) is 3. The summed E-state index contributed by atoms with van der Waals surface area (Å²) in [7, 11) is 0. The predicted octanol–water partition coefficient (Wildman–Crippen LogP) is 3.68. The van der Waals surface area contributed by atoms with Crippen molar-refractivity contribution in [1.82, 2.24) is 5.32 Å². The summed E-state index contributed by atoms with van der Waals surface area (Å²) in [6.07, 6.45) is -3.53. The van der Waals surface area contributed by atoms with Crippen molar-refractivity contribution in [1.29, 1.82) is 0 Å². The van der Waals surface area contributed by atoms with Crippen molar-refractivity contribution in [3.8, 4) is 0 Å². The highest BCUT2D eigenvalue weighted by molar-refractivity contribution is 6.39. The summed E-state index contributed by atoms with van der Waals surface area (Å²) in [4.78, 5) is 37.8. The van der Waals surface area contributed by atoms with E-state index in [-0.39, 0.29) is 11.3 Å². The van der Waals surface area contributed by atoms with Gasteiger partial charge >= 0.3 is 12.2 Å². The molecular formula is C19H13F3N2O3. The van der Waals surface area contributed by atoms with Crippen LogP contribution in [0.2, 0.25) is 0 Å². The molecular weight excluding hydrogens is 361 g/mol. The second kappa shape index (κ2) is 6.71. The third kappa shape index (κ3) is 3.59. The number of urea groups is 1. The number of imide groups is 2. The van der Waals surface area contributed by atoms with Gasteiger partial charge in [0.2, 0.25) is 0 Å². The third-order valence-corrected chi connectivity index (χ3v) is 3.98. The fourth-order valence-corrected chi connectivity index (χ4v) is 2.66. The third-order valence-electron chi connectivity index (χ3n) is 3.98. The number of barbiturate groups is 1. The van der Waals surface area contributed by atoms with Crippen molar-refractivity contribution in [3.63, 3.8) is 0 Å². The Morgan fingerprint density at radius 1 is 1.00 bits per heavy atom. The average Bonchev–Trinajstić information content (AvgIpc) is 2.59. The van der Waals surface area contributed by atoms with Crippen LogP contribution in [0, 0.1) is 6.92 Å². The van der Waals surface area contributed by atoms with Gasteiger partial charge in [-0.1, -0.05) is 30.3 Å². The molecule has 2 aromatic rings. The molecule has 0 aliphatic carbocycles. The summed E-state index contributed by atoms with van der Waals surface area (Å²) in [5.74, 6) is -1.87. The van der Waals surface area contributed by atoms with Crippen molar-refractivity contribution in [2.24, 2.45) is 0 Å². The Morgan fingerprint density at radius 3 is 2.37 bits per heavy atom. The van der Waals surface area contributed by atoms with Crippen LogP contribution in [0.5, 0.6) is 0 Å². The van der Waals surface area contributed by atoms with E-state index < -0.39 is 35.2 Å². The van der Waals surface area contributed by atoms with E-state index >= 15 is 0 Å². The van der Waals surface area contributed by atoms with Crippen LogP contribution in [-0.2, 0) is 15.8 Å². The summed E-state index contributed by atoms with van der Waals surface area (Å²) in [6.45, 7) is 1.68. The molecule has 27 heavy (non-hydrogen) atoms. The SMILES string of the molecule is Cc1ccccc1N1C(=O)NC(=O)/C(=C\c2cccc(C(F)(F)F)c2)C1=O. The van der Waals surface area contributed by atoms with Crippen LogP contribution in [0.15, 0.2) is 54.1 Å². The van der Waals surface area contributed by atoms with Crippen molar-refractivity contribution >= 4 is 29.6 Å². The van der Waals surface area contributed by atoms with E-state index in [1.54, 1.807) is 25.1 Å². The number of halogens is 3. The first-order valence-electron chi connectivity index (χ1n) is 7.83. The van der Waals surface area contributed by atoms with Gasteiger partial charge in [-0.05, 0) is 42.3 Å². The quantitative estimate of drug-likeness (QED) is 0.644. The summed E-state index contributed by atoms with van der Waals surface area (Å²) in [5, 5.41) is 2.04. The maximum absolute atomic E-state index is 12.9. The minimum atomic E-state index is -4.56. The lowest BCUT2D eigenvalue weighted by molar-refractivity contribution is -0.137. The number of carbonyl (C=O) groups excluding carboxylic acids is 3. The van der Waals surface area contributed by atoms with Gasteiger partial charge in [-0.25, -0.2) is 9.69 Å². The smallest absolute Gasteiger partial charge is 0.273 e. The van der Waals surface area contributed by atoms with Crippen LogP contribution < -0.4 is 10.2 Å². The molecule has 0 unspecified atom stereocenters. The van der Waals surface area contributed by atoms with Crippen LogP contribution in [-0.4, -0.2) is 17.8 Å². The van der Waals surface area contributed by atoms with Crippen LogP contribution in [0.3, 0.4) is 0 Å². The van der Waals surface area contributed by atoms with Crippen molar-refractivity contribution in [3.05, 3.63) is 70.8 Å². The van der Waals surface area contributed by atoms with E-state index in [1.807, 2.05) is 5.32 Å². The lowest BCUT2D eigenvalue weighted by Gasteiger charge is -2.27. The Hall–Kier alpha value is -3.42. The molecule has 138 valence electrons. The van der Waals surface area contributed by atoms with Gasteiger partial charge in [0.25, 0.3) is 11.8 Å². The van der Waals surface area contributed by atoms with Gasteiger partial charge in [-0.2, -0.15) is 13.2 Å². The molecule has 0 atom stereocenters. The number of nitrogens with one attached hydrogen (secondary N) is 1. The monoisotopic (exact) mass is 374 g/mol. The second-order valence-electron chi connectivity index (χ2n) is 5.87. The highest BCUT2D eigenvalue weighted by atomic mass is 19.4. The highest BCUT2D eigenvalue weighted by Crippen LogP contribution is 2.30. The zero-order valence-corrected chi connectivity index (χ0v) is 14.0. The normalized spacial score (nSPS) is 16.7. The zero-order chi connectivity index (χ0) is 19.8. The number of para-hydroxylation sites is 1. The van der Waals surface area contributed by atoms with Gasteiger partial charge in [-0.3, -0.25) is 14.9 Å². The van der Waals surface area contributed by atoms with E-state index in [4.69, 9.17) is 0 Å². The first-order valence-corrected chi connectivity index (χ1v) is 7.83. The van der Waals surface area contributed by atoms with Gasteiger partial charge < -0.3 is 0 Å². The Balaban J connectivity index is 2.04. The molecule has 1 saturated heterocycles. The van der Waals surface area contributed by atoms with Gasteiger partial charge in [0.15, 0.2) is 0 Å². The van der Waals surface area contributed by atoms with Crippen LogP contribution in [0.1, 0.15) is 16.7 Å². The van der Waals surface area contributed by atoms with Crippen LogP contribution >= 0.6 is 0 Å². The topological polar surface area (TPSA) is 66.5 Å². The summed E-state index contributed by atoms with van der Waals surface area (Å²) >= 11 is 0. The number of nitrogens with zero attached hydrogens (tertiary/aromatic N) is 1. The zero-order valence-electron chi connectivity index (χ0n) is 14.0. The number of aryl methyl sites for hydroxylation is 1. The molecule has 5 nitrogen and oxygen atoms in total. The van der Waals surface area contributed by atoms with E-state index in [9.17, 15) is 27.6 Å². The standard InChI is InChI=1S/C19H13F3N2O3/c1-11-5-2-3-8-15(11)24-17(26)14(16(25)23-18(24)27)10-12-6-4-7-13(9-12)19(20,21)22/h2-10H,1H3,(H,23,25,27)/b14-10+. The lowest BCUT2D eigenvalue weighted by atomic mass is 10.0. The number of benzene rings is 2. The molecule has 2 aromatic carbocycles. The number of amides is 4. The predicted molar refractivity (Wildman–Crippen MR) is 91.6 cm³/mol. The highest BCUT2D eigenvalue weighted by Gasteiger charge is 2.37. The van der Waals surface area contributed by atoms with E-state index in [0.29, 0.717) is 5.56 Å². The van der Waals surface area contributed by atoms with Crippen LogP contribution in [0.25, 0.3) is 6.08 Å². The molecule has 0 aromatic heterocycles. The summed E-state index contributed by atoms with van der Waals surface area (Å²) < 4.78 is 38.6. The first-order chi connectivity index (χ1) is 12.7. The molecule has 0 spiro atoms. The Bertz CT molecular complexity index is 980. The van der Waals surface area contributed by atoms with Gasteiger partial charge in [-0.15, -0.1) is 0 Å². The van der Waals surface area contributed by atoms with Crippen molar-refractivity contribution in [2.75, 3.05) is 4.90 Å². The minimum absolute atomic E-state index is 0.0161. The second-order valence-corrected chi connectivity index (χ2v) is 5.87. The molecule has 4 amide bonds. The molecule has 0 bridgehead atoms. The van der Waals surface area contributed by atoms with Gasteiger partial charge in [0.1, 0.15) is 5.57 Å². The summed E-state index contributed by atoms with van der Waals surface area (Å²) in [6, 6.07) is 9.84. The van der Waals surface area contributed by atoms with E-state index in [0.717, 1.165) is 23.1 Å². The number of anilines is 1. The van der Waals surface area contributed by atoms with E-state index in [1.165, 1.54) is 18.2 Å². The Labute approximate surface area is 152 Å². The number of hydrogen-bond donors (Lipinski definition) is 1. The van der Waals surface area contributed by atoms with Crippen molar-refractivity contribution < 1.29 is 27.6 Å². The summed E-state index contributed by atoms with van der Waals surface area (Å²) in [5.41, 5.74) is -0.428. The maximum Gasteiger partial charge on any atom is 0.416 e. The molecule has 1 N–H and O–H groups in total. The lowest BCUT2D eigenvalue weighted by Crippen LogP contribution is -2.54. The van der Waals surface area contributed by atoms with Gasteiger partial charge in [0, 0.05) is 0 Å². The fraction of sp³-hybridized carbons (Fsp3) is 0.105. The number of carbonyl (C=O) groups is 3. The molecule has 1 fully saturated rings. The molecule has 3 rings (SSSR count).